The number of aromatic nitrogens is 1. The summed E-state index contributed by atoms with van der Waals surface area (Å²) in [6.45, 7) is 0. The van der Waals surface area contributed by atoms with E-state index in [2.05, 4.69) is 22.4 Å². The third-order valence-corrected chi connectivity index (χ3v) is 7.40. The lowest BCUT2D eigenvalue weighted by Gasteiger charge is -2.25. The number of carbonyl (C=O) groups excluding carboxylic acids is 2. The normalized spacial score (nSPS) is 15.9. The van der Waals surface area contributed by atoms with Gasteiger partial charge in [-0.2, -0.15) is 0 Å². The second-order valence-corrected chi connectivity index (χ2v) is 9.71. The van der Waals surface area contributed by atoms with Gasteiger partial charge in [0.2, 0.25) is 11.8 Å². The van der Waals surface area contributed by atoms with Crippen LogP contribution in [0.1, 0.15) is 19.7 Å². The summed E-state index contributed by atoms with van der Waals surface area (Å²) in [6.07, 6.45) is 0.629. The van der Waals surface area contributed by atoms with E-state index in [0.29, 0.717) is 6.42 Å². The van der Waals surface area contributed by atoms with Crippen LogP contribution in [0.4, 0.5) is 5.69 Å². The minimum atomic E-state index is -0.692. The number of nitrogens with one attached hydrogen (secondary N) is 2. The van der Waals surface area contributed by atoms with Gasteiger partial charge in [0.1, 0.15) is 11.8 Å². The van der Waals surface area contributed by atoms with E-state index in [1.165, 1.54) is 0 Å². The van der Waals surface area contributed by atoms with Crippen LogP contribution in [0, 0.1) is 0 Å². The van der Waals surface area contributed by atoms with Crippen LogP contribution in [0.25, 0.3) is 10.9 Å². The molecule has 35 heavy (non-hydrogen) atoms. The van der Waals surface area contributed by atoms with Crippen LogP contribution in [0.3, 0.4) is 0 Å². The average molecular weight is 490 g/mol. The van der Waals surface area contributed by atoms with E-state index in [0.717, 1.165) is 49.8 Å². The Kier molecular flexibility index (Phi) is 6.51. The topological polar surface area (TPSA) is 74.4 Å². The van der Waals surface area contributed by atoms with Gasteiger partial charge in [0.05, 0.1) is 13.5 Å². The molecular weight excluding hydrogens is 458 g/mol. The third kappa shape index (κ3) is 4.91. The number of benzene rings is 3. The Bertz CT molecular complexity index is 1390. The molecule has 1 aromatic heterocycles. The van der Waals surface area contributed by atoms with Crippen molar-refractivity contribution in [1.29, 1.82) is 0 Å². The molecule has 0 fully saturated rings. The first-order chi connectivity index (χ1) is 17.0. The Hall–Kier alpha value is -3.71. The quantitative estimate of drug-likeness (QED) is 0.414. The molecule has 4 aromatic rings. The highest BCUT2D eigenvalue weighted by atomic mass is 32.2. The first-order valence-electron chi connectivity index (χ1n) is 11.5. The van der Waals surface area contributed by atoms with Crippen LogP contribution in [-0.2, 0) is 28.2 Å². The second kappa shape index (κ2) is 9.88. The van der Waals surface area contributed by atoms with Crippen LogP contribution in [0.5, 0.6) is 5.75 Å². The summed E-state index contributed by atoms with van der Waals surface area (Å²) in [5, 5.41) is 4.08. The number of nitrogens with zero attached hydrogens (tertiary/aromatic N) is 1. The molecule has 1 aliphatic rings. The van der Waals surface area contributed by atoms with Crippen LogP contribution in [0.2, 0.25) is 0 Å². The number of carbonyl (C=O) groups is 2. The molecule has 2 N–H and O–H groups in total. The molecule has 0 spiro atoms. The maximum atomic E-state index is 13.6. The first-order valence-corrected chi connectivity index (χ1v) is 12.5. The highest BCUT2D eigenvalue weighted by molar-refractivity contribution is 7.98. The molecule has 6 nitrogen and oxygen atoms in total. The van der Waals surface area contributed by atoms with Crippen LogP contribution in [0.15, 0.2) is 77.7 Å². The fraction of sp³-hybridized carbons (Fsp3) is 0.214. The SMILES string of the molecule is COc1ccc(N(C)C(=O)[C@@H]2Cc3cccc(c3)SCc3[nH]c4ccccc4c3CC(=O)N2)cc1.[HH].[HH]. The number of aromatic amines is 1. The molecule has 5 rings (SSSR count). The Morgan fingerprint density at radius 3 is 2.69 bits per heavy atom. The van der Waals surface area contributed by atoms with Crippen molar-refractivity contribution in [1.82, 2.24) is 10.3 Å². The number of hydrogen-bond donors (Lipinski definition) is 2. The van der Waals surface area contributed by atoms with E-state index < -0.39 is 6.04 Å². The van der Waals surface area contributed by atoms with Crippen molar-refractivity contribution < 1.29 is 17.2 Å². The van der Waals surface area contributed by atoms with Gasteiger partial charge in [0.15, 0.2) is 0 Å². The summed E-state index contributed by atoms with van der Waals surface area (Å²) in [5.41, 5.74) is 4.78. The van der Waals surface area contributed by atoms with Gasteiger partial charge in [-0.25, -0.2) is 0 Å². The van der Waals surface area contributed by atoms with E-state index in [9.17, 15) is 9.59 Å². The van der Waals surface area contributed by atoms with E-state index in [1.54, 1.807) is 30.8 Å². The number of H-pyrrole nitrogens is 1. The van der Waals surface area contributed by atoms with Crippen molar-refractivity contribution in [2.24, 2.45) is 0 Å². The number of fused-ring (bicyclic) bond motifs is 5. The molecule has 2 heterocycles. The standard InChI is InChI=1S/C28H27N3O3S.2H2/c1-31(19-10-12-20(34-2)13-11-19)28(33)25-15-18-6-5-7-21(14-18)35-17-26-23(16-27(32)30-25)22-8-3-4-9-24(22)29-26;;/h3-14,25,29H,15-17H2,1-2H3,(H,30,32);2*1H/t25-;;/m0../s1. The Balaban J connectivity index is 0.00000190. The number of hydrogen-bond acceptors (Lipinski definition) is 4. The van der Waals surface area contributed by atoms with Crippen molar-refractivity contribution in [2.75, 3.05) is 19.1 Å². The molecule has 1 aliphatic heterocycles. The van der Waals surface area contributed by atoms with Crippen LogP contribution in [-0.4, -0.2) is 37.0 Å². The predicted molar refractivity (Wildman–Crippen MR) is 144 cm³/mol. The molecule has 0 radical (unpaired) electrons. The molecule has 7 heteroatoms. The van der Waals surface area contributed by atoms with Gasteiger partial charge in [-0.15, -0.1) is 11.8 Å². The molecule has 0 unspecified atom stereocenters. The molecule has 182 valence electrons. The van der Waals surface area contributed by atoms with Gasteiger partial charge < -0.3 is 19.9 Å². The second-order valence-electron chi connectivity index (χ2n) is 8.66. The summed E-state index contributed by atoms with van der Waals surface area (Å²) in [7, 11) is 3.34. The largest absolute Gasteiger partial charge is 0.497 e. The Labute approximate surface area is 211 Å². The minimum absolute atomic E-state index is 0. The van der Waals surface area contributed by atoms with Crippen molar-refractivity contribution in [3.63, 3.8) is 0 Å². The summed E-state index contributed by atoms with van der Waals surface area (Å²) >= 11 is 1.73. The number of anilines is 1. The highest BCUT2D eigenvalue weighted by Gasteiger charge is 2.27. The van der Waals surface area contributed by atoms with Gasteiger partial charge in [-0.1, -0.05) is 30.3 Å². The highest BCUT2D eigenvalue weighted by Crippen LogP contribution is 2.30. The molecule has 2 bridgehead atoms. The van der Waals surface area contributed by atoms with Crippen molar-refractivity contribution in [3.8, 4) is 5.75 Å². The fourth-order valence-electron chi connectivity index (χ4n) is 4.51. The van der Waals surface area contributed by atoms with Gasteiger partial charge in [-0.05, 0) is 53.6 Å². The lowest BCUT2D eigenvalue weighted by atomic mass is 10.0. The lowest BCUT2D eigenvalue weighted by Crippen LogP contribution is -2.49. The predicted octanol–water partition coefficient (Wildman–Crippen LogP) is 5.21. The van der Waals surface area contributed by atoms with E-state index in [-0.39, 0.29) is 21.1 Å². The zero-order valence-corrected chi connectivity index (χ0v) is 20.5. The average Bonchev–Trinajstić information content (AvgIpc) is 3.23. The molecule has 0 saturated carbocycles. The number of likely N-dealkylation sites (N-methyl/N-ethyl adjacent to an activating group) is 1. The van der Waals surface area contributed by atoms with Gasteiger partial charge in [-0.3, -0.25) is 9.59 Å². The molecule has 0 saturated heterocycles. The zero-order chi connectivity index (χ0) is 24.4. The summed E-state index contributed by atoms with van der Waals surface area (Å²) in [6, 6.07) is 22.9. The Morgan fingerprint density at radius 2 is 1.89 bits per heavy atom. The first kappa shape index (κ1) is 23.1. The fourth-order valence-corrected chi connectivity index (χ4v) is 5.47. The summed E-state index contributed by atoms with van der Waals surface area (Å²) in [4.78, 5) is 33.1. The smallest absolute Gasteiger partial charge is 0.249 e. The molecule has 0 aliphatic carbocycles. The monoisotopic (exact) mass is 489 g/mol. The maximum Gasteiger partial charge on any atom is 0.249 e. The number of methoxy groups -OCH3 is 1. The van der Waals surface area contributed by atoms with Crippen molar-refractivity contribution in [2.45, 2.75) is 29.5 Å². The molecule has 3 aromatic carbocycles. The van der Waals surface area contributed by atoms with Gasteiger partial charge in [0.25, 0.3) is 0 Å². The van der Waals surface area contributed by atoms with Crippen molar-refractivity contribution >= 4 is 40.2 Å². The van der Waals surface area contributed by atoms with Crippen LogP contribution >= 0.6 is 11.8 Å². The lowest BCUT2D eigenvalue weighted by molar-refractivity contribution is -0.127. The summed E-state index contributed by atoms with van der Waals surface area (Å²) in [5.74, 6) is 1.12. The zero-order valence-electron chi connectivity index (χ0n) is 19.7. The number of ether oxygens (including phenoxy) is 1. The number of thioether (sulfide) groups is 1. The third-order valence-electron chi connectivity index (χ3n) is 6.38. The molecular formula is C28H31N3O3S. The van der Waals surface area contributed by atoms with E-state index in [1.807, 2.05) is 60.7 Å². The Morgan fingerprint density at radius 1 is 1.09 bits per heavy atom. The van der Waals surface area contributed by atoms with Crippen LogP contribution < -0.4 is 15.0 Å². The van der Waals surface area contributed by atoms with Gasteiger partial charge in [0, 0.05) is 49.3 Å². The number of rotatable bonds is 3. The minimum Gasteiger partial charge on any atom is -0.497 e. The van der Waals surface area contributed by atoms with E-state index >= 15 is 0 Å². The summed E-state index contributed by atoms with van der Waals surface area (Å²) < 4.78 is 5.23. The maximum absolute atomic E-state index is 13.6. The van der Waals surface area contributed by atoms with E-state index in [4.69, 9.17) is 4.74 Å². The number of para-hydroxylation sites is 1. The number of amides is 2. The van der Waals surface area contributed by atoms with Gasteiger partial charge >= 0.3 is 0 Å². The molecule has 1 atom stereocenters. The molecule has 2 amide bonds. The van der Waals surface area contributed by atoms with Crippen molar-refractivity contribution in [3.05, 3.63) is 89.6 Å².